The summed E-state index contributed by atoms with van der Waals surface area (Å²) in [7, 11) is 0. The van der Waals surface area contributed by atoms with Gasteiger partial charge in [0.15, 0.2) is 0 Å². The first-order chi connectivity index (χ1) is 8.13. The molecule has 0 radical (unpaired) electrons. The summed E-state index contributed by atoms with van der Waals surface area (Å²) >= 11 is 0. The van der Waals surface area contributed by atoms with E-state index in [2.05, 4.69) is 43.4 Å². The molecule has 0 saturated heterocycles. The van der Waals surface area contributed by atoms with Crippen molar-refractivity contribution in [1.29, 1.82) is 5.26 Å². The van der Waals surface area contributed by atoms with Crippen LogP contribution in [-0.2, 0) is 18.3 Å². The fraction of sp³-hybridized carbons (Fsp3) is 0.533. The normalized spacial score (nSPS) is 14.4. The molecule has 17 heavy (non-hydrogen) atoms. The van der Waals surface area contributed by atoms with Crippen molar-refractivity contribution in [3.63, 3.8) is 0 Å². The van der Waals surface area contributed by atoms with Crippen molar-refractivity contribution < 1.29 is 0 Å². The van der Waals surface area contributed by atoms with E-state index in [1.54, 1.807) is 0 Å². The molecule has 0 heterocycles. The van der Waals surface area contributed by atoms with E-state index in [1.165, 1.54) is 36.0 Å². The zero-order chi connectivity index (χ0) is 12.3. The molecule has 1 aliphatic carbocycles. The SMILES string of the molecule is CC(C)(CNCC#N)c1ccc2c(c1)CCC2. The fourth-order valence-electron chi connectivity index (χ4n) is 2.53. The van der Waals surface area contributed by atoms with Crippen LogP contribution in [0.15, 0.2) is 18.2 Å². The van der Waals surface area contributed by atoms with Gasteiger partial charge in [-0.1, -0.05) is 32.0 Å². The molecule has 0 spiro atoms. The first kappa shape index (κ1) is 12.1. The Balaban J connectivity index is 2.13. The molecule has 0 aromatic heterocycles. The minimum absolute atomic E-state index is 0.0917. The molecule has 2 heteroatoms. The number of nitrogens with one attached hydrogen (secondary N) is 1. The zero-order valence-electron chi connectivity index (χ0n) is 10.7. The van der Waals surface area contributed by atoms with Gasteiger partial charge in [0, 0.05) is 12.0 Å². The maximum atomic E-state index is 8.55. The number of nitrogens with zero attached hydrogens (tertiary/aromatic N) is 1. The lowest BCUT2D eigenvalue weighted by molar-refractivity contribution is 0.484. The van der Waals surface area contributed by atoms with Crippen LogP contribution >= 0.6 is 0 Å². The highest BCUT2D eigenvalue weighted by molar-refractivity contribution is 5.38. The van der Waals surface area contributed by atoms with E-state index in [0.717, 1.165) is 6.54 Å². The standard InChI is InChI=1S/C15H20N2/c1-15(2,11-17-9-8-16)14-7-6-12-4-3-5-13(12)10-14/h6-7,10,17H,3-5,9,11H2,1-2H3. The van der Waals surface area contributed by atoms with E-state index in [4.69, 9.17) is 5.26 Å². The van der Waals surface area contributed by atoms with Crippen molar-refractivity contribution >= 4 is 0 Å². The lowest BCUT2D eigenvalue weighted by Gasteiger charge is -2.26. The summed E-state index contributed by atoms with van der Waals surface area (Å²) in [6.07, 6.45) is 3.76. The highest BCUT2D eigenvalue weighted by atomic mass is 14.9. The molecule has 0 aliphatic heterocycles. The van der Waals surface area contributed by atoms with Crippen LogP contribution in [0.25, 0.3) is 0 Å². The average Bonchev–Trinajstić information content (AvgIpc) is 2.76. The van der Waals surface area contributed by atoms with Crippen LogP contribution in [-0.4, -0.2) is 13.1 Å². The van der Waals surface area contributed by atoms with Crippen LogP contribution in [0.1, 0.15) is 37.0 Å². The Morgan fingerprint density at radius 2 is 2.06 bits per heavy atom. The van der Waals surface area contributed by atoms with Crippen molar-refractivity contribution in [1.82, 2.24) is 5.32 Å². The topological polar surface area (TPSA) is 35.8 Å². The van der Waals surface area contributed by atoms with Crippen molar-refractivity contribution in [3.8, 4) is 6.07 Å². The Bertz CT molecular complexity index is 441. The molecular formula is C15H20N2. The van der Waals surface area contributed by atoms with Gasteiger partial charge in [-0.2, -0.15) is 5.26 Å². The third kappa shape index (κ3) is 2.68. The van der Waals surface area contributed by atoms with Crippen LogP contribution in [0.2, 0.25) is 0 Å². The number of rotatable bonds is 4. The number of benzene rings is 1. The molecule has 0 amide bonds. The van der Waals surface area contributed by atoms with E-state index >= 15 is 0 Å². The van der Waals surface area contributed by atoms with E-state index in [0.29, 0.717) is 6.54 Å². The number of aryl methyl sites for hydroxylation is 2. The van der Waals surface area contributed by atoms with Gasteiger partial charge in [-0.05, 0) is 36.0 Å². The Hall–Kier alpha value is -1.33. The molecule has 0 fully saturated rings. The third-order valence-corrected chi connectivity index (χ3v) is 3.65. The smallest absolute Gasteiger partial charge is 0.0841 e. The van der Waals surface area contributed by atoms with Crippen LogP contribution in [0.4, 0.5) is 0 Å². The number of nitriles is 1. The first-order valence-electron chi connectivity index (χ1n) is 6.33. The first-order valence-corrected chi connectivity index (χ1v) is 6.33. The fourth-order valence-corrected chi connectivity index (χ4v) is 2.53. The van der Waals surface area contributed by atoms with Crippen molar-refractivity contribution in [2.45, 2.75) is 38.5 Å². The molecule has 0 bridgehead atoms. The summed E-state index contributed by atoms with van der Waals surface area (Å²) < 4.78 is 0. The van der Waals surface area contributed by atoms with Crippen LogP contribution in [0, 0.1) is 11.3 Å². The minimum atomic E-state index is 0.0917. The van der Waals surface area contributed by atoms with Gasteiger partial charge in [-0.25, -0.2) is 0 Å². The number of hydrogen-bond donors (Lipinski definition) is 1. The summed E-state index contributed by atoms with van der Waals surface area (Å²) in [5.41, 5.74) is 4.52. The van der Waals surface area contributed by atoms with Gasteiger partial charge in [0.2, 0.25) is 0 Å². The Labute approximate surface area is 104 Å². The lowest BCUT2D eigenvalue weighted by Crippen LogP contribution is -2.33. The predicted molar refractivity (Wildman–Crippen MR) is 70.0 cm³/mol. The lowest BCUT2D eigenvalue weighted by atomic mass is 9.83. The van der Waals surface area contributed by atoms with Gasteiger partial charge < -0.3 is 5.32 Å². The van der Waals surface area contributed by atoms with Gasteiger partial charge in [0.25, 0.3) is 0 Å². The molecular weight excluding hydrogens is 208 g/mol. The average molecular weight is 228 g/mol. The molecule has 2 rings (SSSR count). The molecule has 0 saturated carbocycles. The van der Waals surface area contributed by atoms with Gasteiger partial charge in [0.1, 0.15) is 0 Å². The largest absolute Gasteiger partial charge is 0.304 e. The molecule has 1 aromatic carbocycles. The third-order valence-electron chi connectivity index (χ3n) is 3.65. The van der Waals surface area contributed by atoms with Gasteiger partial charge in [-0.15, -0.1) is 0 Å². The second kappa shape index (κ2) is 4.89. The second-order valence-electron chi connectivity index (χ2n) is 5.48. The van der Waals surface area contributed by atoms with Crippen LogP contribution in [0.3, 0.4) is 0 Å². The van der Waals surface area contributed by atoms with Crippen molar-refractivity contribution in [2.24, 2.45) is 0 Å². The van der Waals surface area contributed by atoms with E-state index in [-0.39, 0.29) is 5.41 Å². The van der Waals surface area contributed by atoms with Crippen molar-refractivity contribution in [3.05, 3.63) is 34.9 Å². The molecule has 90 valence electrons. The molecule has 2 nitrogen and oxygen atoms in total. The maximum absolute atomic E-state index is 8.55. The molecule has 1 aromatic rings. The maximum Gasteiger partial charge on any atom is 0.0841 e. The summed E-state index contributed by atoms with van der Waals surface area (Å²) in [6.45, 7) is 5.73. The van der Waals surface area contributed by atoms with Crippen LogP contribution < -0.4 is 5.32 Å². The summed E-state index contributed by atoms with van der Waals surface area (Å²) in [5.74, 6) is 0. The second-order valence-corrected chi connectivity index (χ2v) is 5.48. The quantitative estimate of drug-likeness (QED) is 0.635. The molecule has 1 N–H and O–H groups in total. The Morgan fingerprint density at radius 3 is 2.82 bits per heavy atom. The minimum Gasteiger partial charge on any atom is -0.304 e. The number of hydrogen-bond acceptors (Lipinski definition) is 2. The van der Waals surface area contributed by atoms with Gasteiger partial charge in [-0.3, -0.25) is 0 Å². The van der Waals surface area contributed by atoms with E-state index in [9.17, 15) is 0 Å². The zero-order valence-corrected chi connectivity index (χ0v) is 10.7. The van der Waals surface area contributed by atoms with E-state index in [1.807, 2.05) is 0 Å². The summed E-state index contributed by atoms with van der Waals surface area (Å²) in [6, 6.07) is 9.01. The van der Waals surface area contributed by atoms with E-state index < -0.39 is 0 Å². The van der Waals surface area contributed by atoms with Crippen molar-refractivity contribution in [2.75, 3.05) is 13.1 Å². The van der Waals surface area contributed by atoms with Crippen LogP contribution in [0.5, 0.6) is 0 Å². The number of fused-ring (bicyclic) bond motifs is 1. The highest BCUT2D eigenvalue weighted by Crippen LogP contribution is 2.29. The van der Waals surface area contributed by atoms with Gasteiger partial charge >= 0.3 is 0 Å². The Morgan fingerprint density at radius 1 is 1.29 bits per heavy atom. The summed E-state index contributed by atoms with van der Waals surface area (Å²) in [4.78, 5) is 0. The Kier molecular flexibility index (Phi) is 3.49. The summed E-state index contributed by atoms with van der Waals surface area (Å²) in [5, 5.41) is 11.7. The predicted octanol–water partition coefficient (Wildman–Crippen LogP) is 2.57. The highest BCUT2D eigenvalue weighted by Gasteiger charge is 2.22. The molecule has 1 aliphatic rings. The molecule has 0 atom stereocenters. The van der Waals surface area contributed by atoms with Gasteiger partial charge in [0.05, 0.1) is 12.6 Å². The monoisotopic (exact) mass is 228 g/mol. The molecule has 0 unspecified atom stereocenters.